The summed E-state index contributed by atoms with van der Waals surface area (Å²) in [6, 6.07) is 7.96. The quantitative estimate of drug-likeness (QED) is 0.779. The molecule has 3 fully saturated rings. The molecule has 2 aromatic rings. The van der Waals surface area contributed by atoms with Gasteiger partial charge in [0.2, 0.25) is 0 Å². The normalized spacial score (nSPS) is 26.0. The lowest BCUT2D eigenvalue weighted by Crippen LogP contribution is -2.54. The highest BCUT2D eigenvalue weighted by molar-refractivity contribution is 5.81. The van der Waals surface area contributed by atoms with Crippen LogP contribution in [0.15, 0.2) is 28.7 Å². The number of Topliss-reactive ketones (excluding diaryl/α,β-unsaturated/α-hetero) is 1. The van der Waals surface area contributed by atoms with Gasteiger partial charge in [-0.25, -0.2) is 9.78 Å². The number of hydrogen-bond donors (Lipinski definition) is 0. The average Bonchev–Trinajstić information content (AvgIpc) is 3.15. The molecule has 0 N–H and O–H groups in total. The van der Waals surface area contributed by atoms with E-state index in [4.69, 9.17) is 9.15 Å². The van der Waals surface area contributed by atoms with Crippen molar-refractivity contribution in [1.29, 1.82) is 0 Å². The summed E-state index contributed by atoms with van der Waals surface area (Å²) in [5.74, 6) is 1.59. The Labute approximate surface area is 170 Å². The highest BCUT2D eigenvalue weighted by Crippen LogP contribution is 2.29. The second kappa shape index (κ2) is 7.78. The summed E-state index contributed by atoms with van der Waals surface area (Å²) < 4.78 is 11.5. The van der Waals surface area contributed by atoms with Gasteiger partial charge in [-0.05, 0) is 37.3 Å². The average molecular weight is 397 g/mol. The van der Waals surface area contributed by atoms with Crippen LogP contribution in [-0.2, 0) is 16.0 Å². The Bertz CT molecular complexity index is 869. The lowest BCUT2D eigenvalue weighted by atomic mass is 9.88. The lowest BCUT2D eigenvalue weighted by molar-refractivity contribution is -0.140. The molecule has 7 nitrogen and oxygen atoms in total. The topological polar surface area (TPSA) is 75.9 Å². The molecule has 3 aliphatic rings. The summed E-state index contributed by atoms with van der Waals surface area (Å²) in [5, 5.41) is 0. The Morgan fingerprint density at radius 2 is 1.90 bits per heavy atom. The third kappa shape index (κ3) is 3.88. The molecule has 29 heavy (non-hydrogen) atoms. The summed E-state index contributed by atoms with van der Waals surface area (Å²) >= 11 is 0. The zero-order chi connectivity index (χ0) is 19.8. The number of carbonyl (C=O) groups is 2. The molecule has 0 aliphatic carbocycles. The molecule has 5 rings (SSSR count). The number of rotatable bonds is 2. The summed E-state index contributed by atoms with van der Waals surface area (Å²) in [4.78, 5) is 33.1. The molecule has 0 spiro atoms. The van der Waals surface area contributed by atoms with Crippen molar-refractivity contribution >= 4 is 22.9 Å². The number of aromatic nitrogens is 1. The highest BCUT2D eigenvalue weighted by atomic mass is 16.5. The number of fused-ring (bicyclic) bond motifs is 2. The fourth-order valence-electron chi connectivity index (χ4n) is 4.93. The highest BCUT2D eigenvalue weighted by Gasteiger charge is 2.38. The number of amides is 2. The van der Waals surface area contributed by atoms with E-state index in [0.717, 1.165) is 62.3 Å². The van der Waals surface area contributed by atoms with Gasteiger partial charge in [0.1, 0.15) is 12.1 Å². The number of ether oxygens (including phenoxy) is 1. The Balaban J connectivity index is 1.14. The number of benzene rings is 1. The Kier molecular flexibility index (Phi) is 4.99. The molecule has 3 saturated heterocycles. The predicted molar refractivity (Wildman–Crippen MR) is 106 cm³/mol. The Morgan fingerprint density at radius 3 is 2.72 bits per heavy atom. The molecule has 1 aromatic heterocycles. The van der Waals surface area contributed by atoms with Gasteiger partial charge in [-0.15, -0.1) is 0 Å². The van der Waals surface area contributed by atoms with Crippen LogP contribution in [0.1, 0.15) is 31.6 Å². The fraction of sp³-hybridized carbons (Fsp3) is 0.591. The molecule has 0 bridgehead atoms. The van der Waals surface area contributed by atoms with E-state index in [-0.39, 0.29) is 30.4 Å². The molecular formula is C22H27N3O4. The number of nitrogens with zero attached hydrogens (tertiary/aromatic N) is 3. The molecule has 2 amide bonds. The molecule has 0 saturated carbocycles. The second-order valence-corrected chi connectivity index (χ2v) is 8.58. The van der Waals surface area contributed by atoms with Gasteiger partial charge in [0.05, 0.1) is 6.10 Å². The number of ketones is 1. The third-order valence-corrected chi connectivity index (χ3v) is 6.57. The zero-order valence-electron chi connectivity index (χ0n) is 16.6. The number of urea groups is 1. The van der Waals surface area contributed by atoms with E-state index in [1.165, 1.54) is 0 Å². The number of carbonyl (C=O) groups excluding carboxylic acids is 2. The van der Waals surface area contributed by atoms with Gasteiger partial charge in [-0.3, -0.25) is 4.79 Å². The van der Waals surface area contributed by atoms with Gasteiger partial charge in [-0.1, -0.05) is 12.1 Å². The molecule has 0 radical (unpaired) electrons. The second-order valence-electron chi connectivity index (χ2n) is 8.58. The zero-order valence-corrected chi connectivity index (χ0v) is 16.6. The maximum absolute atomic E-state index is 13.0. The van der Waals surface area contributed by atoms with E-state index >= 15 is 0 Å². The molecule has 7 heteroatoms. The van der Waals surface area contributed by atoms with Crippen molar-refractivity contribution in [2.45, 2.75) is 38.2 Å². The Hall–Kier alpha value is -2.41. The smallest absolute Gasteiger partial charge is 0.320 e. The van der Waals surface area contributed by atoms with Crippen LogP contribution in [0, 0.1) is 11.8 Å². The van der Waals surface area contributed by atoms with Gasteiger partial charge in [0.15, 0.2) is 17.3 Å². The van der Waals surface area contributed by atoms with Gasteiger partial charge in [-0.2, -0.15) is 0 Å². The van der Waals surface area contributed by atoms with Crippen LogP contribution in [0.2, 0.25) is 0 Å². The monoisotopic (exact) mass is 397 g/mol. The lowest BCUT2D eigenvalue weighted by Gasteiger charge is -2.43. The van der Waals surface area contributed by atoms with E-state index in [1.807, 2.05) is 34.1 Å². The molecule has 4 heterocycles. The number of hydrogen-bond acceptors (Lipinski definition) is 5. The number of likely N-dealkylation sites (tertiary alicyclic amines) is 2. The number of piperidine rings is 2. The first-order valence-electron chi connectivity index (χ1n) is 10.7. The molecule has 1 aromatic carbocycles. The minimum atomic E-state index is 0.113. The van der Waals surface area contributed by atoms with Gasteiger partial charge < -0.3 is 19.0 Å². The van der Waals surface area contributed by atoms with E-state index in [2.05, 4.69) is 4.98 Å². The van der Waals surface area contributed by atoms with E-state index in [9.17, 15) is 9.59 Å². The van der Waals surface area contributed by atoms with Crippen molar-refractivity contribution in [1.82, 2.24) is 14.8 Å². The van der Waals surface area contributed by atoms with Crippen LogP contribution < -0.4 is 0 Å². The van der Waals surface area contributed by atoms with Crippen molar-refractivity contribution in [2.24, 2.45) is 11.8 Å². The molecular weight excluding hydrogens is 370 g/mol. The third-order valence-electron chi connectivity index (χ3n) is 6.57. The summed E-state index contributed by atoms with van der Waals surface area (Å²) in [5.41, 5.74) is 1.74. The van der Waals surface area contributed by atoms with Gasteiger partial charge in [0.25, 0.3) is 0 Å². The van der Waals surface area contributed by atoms with Gasteiger partial charge >= 0.3 is 6.03 Å². The maximum atomic E-state index is 13.0. The molecule has 3 aliphatic heterocycles. The SMILES string of the molecule is O=C1CO[C@H]2CCN(C(=O)N3CCC(Cc4nc5ccccc5o4)CC3)C[C@H]2C1. The van der Waals surface area contributed by atoms with Crippen LogP contribution in [0.25, 0.3) is 11.1 Å². The summed E-state index contributed by atoms with van der Waals surface area (Å²) in [6.45, 7) is 3.13. The molecule has 2 atom stereocenters. The maximum Gasteiger partial charge on any atom is 0.320 e. The van der Waals surface area contributed by atoms with E-state index in [1.54, 1.807) is 0 Å². The van der Waals surface area contributed by atoms with Crippen LogP contribution >= 0.6 is 0 Å². The number of oxazole rings is 1. The van der Waals surface area contributed by atoms with Crippen LogP contribution in [-0.4, -0.2) is 65.5 Å². The van der Waals surface area contributed by atoms with E-state index < -0.39 is 0 Å². The first-order chi connectivity index (χ1) is 14.2. The Morgan fingerprint density at radius 1 is 1.10 bits per heavy atom. The van der Waals surface area contributed by atoms with Crippen molar-refractivity contribution in [3.05, 3.63) is 30.2 Å². The van der Waals surface area contributed by atoms with E-state index in [0.29, 0.717) is 18.9 Å². The summed E-state index contributed by atoms with van der Waals surface area (Å²) in [6.07, 6.45) is 4.26. The van der Waals surface area contributed by atoms with Crippen molar-refractivity contribution in [3.8, 4) is 0 Å². The van der Waals surface area contributed by atoms with Crippen molar-refractivity contribution in [3.63, 3.8) is 0 Å². The molecule has 154 valence electrons. The van der Waals surface area contributed by atoms with Gasteiger partial charge in [0, 0.05) is 44.9 Å². The van der Waals surface area contributed by atoms with Crippen LogP contribution in [0.4, 0.5) is 4.79 Å². The largest absolute Gasteiger partial charge is 0.441 e. The number of para-hydroxylation sites is 2. The van der Waals surface area contributed by atoms with Crippen LogP contribution in [0.3, 0.4) is 0 Å². The minimum absolute atomic E-state index is 0.113. The molecule has 0 unspecified atom stereocenters. The fourth-order valence-corrected chi connectivity index (χ4v) is 4.93. The first kappa shape index (κ1) is 18.6. The summed E-state index contributed by atoms with van der Waals surface area (Å²) in [7, 11) is 0. The standard InChI is InChI=1S/C22H27N3O4/c26-17-12-16-13-25(10-7-19(16)28-14-17)22(27)24-8-5-15(6-9-24)11-21-23-18-3-1-2-4-20(18)29-21/h1-4,15-16,19H,5-14H2/t16-,19+/m1/s1. The van der Waals surface area contributed by atoms with Crippen molar-refractivity contribution in [2.75, 3.05) is 32.8 Å². The first-order valence-corrected chi connectivity index (χ1v) is 10.7. The van der Waals surface area contributed by atoms with Crippen molar-refractivity contribution < 1.29 is 18.7 Å². The minimum Gasteiger partial charge on any atom is -0.441 e. The van der Waals surface area contributed by atoms with Crippen LogP contribution in [0.5, 0.6) is 0 Å². The predicted octanol–water partition coefficient (Wildman–Crippen LogP) is 2.88.